The van der Waals surface area contributed by atoms with Crippen LogP contribution in [0, 0.1) is 5.92 Å². The minimum atomic E-state index is 0.148. The third-order valence-corrected chi connectivity index (χ3v) is 7.20. The van der Waals surface area contributed by atoms with Gasteiger partial charge in [0.15, 0.2) is 5.13 Å². The number of piperidine rings is 1. The summed E-state index contributed by atoms with van der Waals surface area (Å²) in [6.07, 6.45) is 2.21. The van der Waals surface area contributed by atoms with Gasteiger partial charge in [0.05, 0.1) is 16.0 Å². The van der Waals surface area contributed by atoms with Crippen molar-refractivity contribution in [3.8, 4) is 0 Å². The number of benzene rings is 2. The van der Waals surface area contributed by atoms with E-state index in [1.165, 1.54) is 10.3 Å². The molecule has 0 atom stereocenters. The number of carbonyl (C=O) groups is 1. The second-order valence-electron chi connectivity index (χ2n) is 7.18. The number of amides is 1. The van der Waals surface area contributed by atoms with E-state index in [9.17, 15) is 4.79 Å². The first-order valence-electron chi connectivity index (χ1n) is 9.77. The maximum atomic E-state index is 12.1. The largest absolute Gasteiger partial charge is 0.355 e. The number of nitrogens with zero attached hydrogens (tertiary/aromatic N) is 2. The van der Waals surface area contributed by atoms with Crippen molar-refractivity contribution in [2.75, 3.05) is 30.3 Å². The molecule has 1 aliphatic rings. The second kappa shape index (κ2) is 9.43. The molecule has 0 saturated carbocycles. The van der Waals surface area contributed by atoms with Crippen LogP contribution in [0.1, 0.15) is 18.4 Å². The van der Waals surface area contributed by atoms with Gasteiger partial charge in [-0.05, 0) is 36.5 Å². The first-order chi connectivity index (χ1) is 13.8. The smallest absolute Gasteiger partial charge is 0.230 e. The fraction of sp³-hybridized carbons (Fsp3) is 0.364. The highest BCUT2D eigenvalue weighted by molar-refractivity contribution is 7.99. The molecule has 146 valence electrons. The lowest BCUT2D eigenvalue weighted by Crippen LogP contribution is -2.39. The molecular formula is C22H25N3OS2. The topological polar surface area (TPSA) is 45.2 Å². The number of para-hydroxylation sites is 1. The highest BCUT2D eigenvalue weighted by atomic mass is 32.2. The van der Waals surface area contributed by atoms with Gasteiger partial charge in [-0.1, -0.05) is 53.8 Å². The van der Waals surface area contributed by atoms with Crippen LogP contribution in [0.2, 0.25) is 0 Å². The van der Waals surface area contributed by atoms with Gasteiger partial charge in [0.25, 0.3) is 0 Å². The second-order valence-corrected chi connectivity index (χ2v) is 9.17. The van der Waals surface area contributed by atoms with Gasteiger partial charge in [-0.15, -0.1) is 11.8 Å². The average Bonchev–Trinajstić information content (AvgIpc) is 3.18. The minimum absolute atomic E-state index is 0.148. The van der Waals surface area contributed by atoms with E-state index >= 15 is 0 Å². The molecule has 3 aromatic rings. The number of nitrogens with one attached hydrogen (secondary N) is 1. The fourth-order valence-electron chi connectivity index (χ4n) is 3.47. The summed E-state index contributed by atoms with van der Waals surface area (Å²) >= 11 is 3.45. The van der Waals surface area contributed by atoms with Crippen LogP contribution >= 0.6 is 23.1 Å². The maximum Gasteiger partial charge on any atom is 0.230 e. The Balaban J connectivity index is 1.16. The summed E-state index contributed by atoms with van der Waals surface area (Å²) in [5.41, 5.74) is 2.35. The van der Waals surface area contributed by atoms with Crippen LogP contribution in [0.4, 0.5) is 5.13 Å². The number of rotatable bonds is 7. The van der Waals surface area contributed by atoms with E-state index in [2.05, 4.69) is 40.5 Å². The van der Waals surface area contributed by atoms with Crippen LogP contribution in [-0.2, 0) is 10.5 Å². The highest BCUT2D eigenvalue weighted by Gasteiger charge is 2.22. The highest BCUT2D eigenvalue weighted by Crippen LogP contribution is 2.31. The van der Waals surface area contributed by atoms with Gasteiger partial charge in [-0.2, -0.15) is 0 Å². The SMILES string of the molecule is O=C(CSCc1ccccc1)NCC1CCN(c2nc3ccccc3s2)CC1. The van der Waals surface area contributed by atoms with Crippen LogP contribution in [0.25, 0.3) is 10.2 Å². The molecule has 6 heteroatoms. The molecule has 0 spiro atoms. The number of anilines is 1. The van der Waals surface area contributed by atoms with Gasteiger partial charge in [0.2, 0.25) is 5.91 Å². The van der Waals surface area contributed by atoms with Gasteiger partial charge < -0.3 is 10.2 Å². The number of hydrogen-bond acceptors (Lipinski definition) is 5. The molecule has 2 heterocycles. The molecule has 0 unspecified atom stereocenters. The first-order valence-corrected chi connectivity index (χ1v) is 11.7. The molecule has 28 heavy (non-hydrogen) atoms. The molecule has 1 amide bonds. The number of thiazole rings is 1. The third-order valence-electron chi connectivity index (χ3n) is 5.10. The summed E-state index contributed by atoms with van der Waals surface area (Å²) in [7, 11) is 0. The summed E-state index contributed by atoms with van der Waals surface area (Å²) in [4.78, 5) is 19.3. The van der Waals surface area contributed by atoms with Crippen molar-refractivity contribution in [2.45, 2.75) is 18.6 Å². The van der Waals surface area contributed by atoms with Crippen LogP contribution < -0.4 is 10.2 Å². The van der Waals surface area contributed by atoms with E-state index < -0.39 is 0 Å². The van der Waals surface area contributed by atoms with Gasteiger partial charge in [0, 0.05) is 25.4 Å². The molecule has 0 bridgehead atoms. The summed E-state index contributed by atoms with van der Waals surface area (Å²) in [5, 5.41) is 4.25. The zero-order chi connectivity index (χ0) is 19.2. The van der Waals surface area contributed by atoms with E-state index in [1.807, 2.05) is 24.3 Å². The Labute approximate surface area is 174 Å². The molecule has 0 aliphatic carbocycles. The Bertz CT molecular complexity index is 871. The molecule has 1 aliphatic heterocycles. The van der Waals surface area contributed by atoms with Crippen molar-refractivity contribution in [1.29, 1.82) is 0 Å². The van der Waals surface area contributed by atoms with E-state index in [4.69, 9.17) is 4.98 Å². The van der Waals surface area contributed by atoms with Crippen molar-refractivity contribution in [1.82, 2.24) is 10.3 Å². The Hall–Kier alpha value is -2.05. The summed E-state index contributed by atoms with van der Waals surface area (Å²) in [5.74, 6) is 2.12. The van der Waals surface area contributed by atoms with Gasteiger partial charge >= 0.3 is 0 Å². The zero-order valence-electron chi connectivity index (χ0n) is 15.8. The molecule has 1 saturated heterocycles. The van der Waals surface area contributed by atoms with Crippen molar-refractivity contribution in [2.24, 2.45) is 5.92 Å². The van der Waals surface area contributed by atoms with E-state index in [-0.39, 0.29) is 5.91 Å². The minimum Gasteiger partial charge on any atom is -0.355 e. The summed E-state index contributed by atoms with van der Waals surface area (Å²) in [6, 6.07) is 18.6. The molecular weight excluding hydrogens is 386 g/mol. The zero-order valence-corrected chi connectivity index (χ0v) is 17.5. The third kappa shape index (κ3) is 5.06. The average molecular weight is 412 g/mol. The normalized spacial score (nSPS) is 15.1. The van der Waals surface area contributed by atoms with Crippen LogP contribution in [-0.4, -0.2) is 36.3 Å². The lowest BCUT2D eigenvalue weighted by atomic mass is 9.97. The first kappa shape index (κ1) is 19.3. The predicted octanol–water partition coefficient (Wildman–Crippen LogP) is 4.56. The van der Waals surface area contributed by atoms with Crippen LogP contribution in [0.3, 0.4) is 0 Å². The summed E-state index contributed by atoms with van der Waals surface area (Å²) < 4.78 is 1.25. The number of fused-ring (bicyclic) bond motifs is 1. The molecule has 1 fully saturated rings. The number of hydrogen-bond donors (Lipinski definition) is 1. The Morgan fingerprint density at radius 1 is 1.11 bits per heavy atom. The molecule has 4 nitrogen and oxygen atoms in total. The van der Waals surface area contributed by atoms with Gasteiger partial charge in [-0.3, -0.25) is 4.79 Å². The molecule has 2 aromatic carbocycles. The van der Waals surface area contributed by atoms with E-state index in [0.717, 1.165) is 48.9 Å². The number of carbonyl (C=O) groups excluding carboxylic acids is 1. The molecule has 1 aromatic heterocycles. The lowest BCUT2D eigenvalue weighted by molar-refractivity contribution is -0.118. The van der Waals surface area contributed by atoms with Crippen LogP contribution in [0.15, 0.2) is 54.6 Å². The van der Waals surface area contributed by atoms with Crippen molar-refractivity contribution in [3.05, 3.63) is 60.2 Å². The Morgan fingerprint density at radius 2 is 1.86 bits per heavy atom. The lowest BCUT2D eigenvalue weighted by Gasteiger charge is -2.31. The standard InChI is InChI=1S/C22H25N3OS2/c26-21(16-27-15-18-6-2-1-3-7-18)23-14-17-10-12-25(13-11-17)22-24-19-8-4-5-9-20(19)28-22/h1-9,17H,10-16H2,(H,23,26). The molecule has 4 rings (SSSR count). The molecule has 1 N–H and O–H groups in total. The van der Waals surface area contributed by atoms with Gasteiger partial charge in [0.1, 0.15) is 0 Å². The monoisotopic (exact) mass is 411 g/mol. The van der Waals surface area contributed by atoms with Crippen molar-refractivity contribution < 1.29 is 4.79 Å². The Morgan fingerprint density at radius 3 is 2.64 bits per heavy atom. The predicted molar refractivity (Wildman–Crippen MR) is 120 cm³/mol. The summed E-state index contributed by atoms with van der Waals surface area (Å²) in [6.45, 7) is 2.82. The van der Waals surface area contributed by atoms with E-state index in [1.54, 1.807) is 23.1 Å². The Kier molecular flexibility index (Phi) is 6.49. The number of thioether (sulfide) groups is 1. The maximum absolute atomic E-state index is 12.1. The van der Waals surface area contributed by atoms with Gasteiger partial charge in [-0.25, -0.2) is 4.98 Å². The fourth-order valence-corrected chi connectivity index (χ4v) is 5.30. The van der Waals surface area contributed by atoms with Crippen molar-refractivity contribution >= 4 is 44.4 Å². The quantitative estimate of drug-likeness (QED) is 0.619. The molecule has 0 radical (unpaired) electrons. The number of aromatic nitrogens is 1. The van der Waals surface area contributed by atoms with E-state index in [0.29, 0.717) is 11.7 Å². The van der Waals surface area contributed by atoms with Crippen molar-refractivity contribution in [3.63, 3.8) is 0 Å². The van der Waals surface area contributed by atoms with Crippen LogP contribution in [0.5, 0.6) is 0 Å².